The standard InChI is InChI=1S/C11H10FNO3S/c1-8-13-6-11(17(8,14)15)7-16-10-4-2-3-9(12)5-10/h2-6H,7H2,1H3. The molecular formula is C11H10FNO3S. The summed E-state index contributed by atoms with van der Waals surface area (Å²) in [5.74, 6) is -0.149. The fourth-order valence-electron chi connectivity index (χ4n) is 1.32. The van der Waals surface area contributed by atoms with Crippen LogP contribution in [0, 0.1) is 5.82 Å². The lowest BCUT2D eigenvalue weighted by Crippen LogP contribution is -2.14. The molecule has 0 fully saturated rings. The highest BCUT2D eigenvalue weighted by atomic mass is 32.2. The fraction of sp³-hybridized carbons (Fsp3) is 0.182. The smallest absolute Gasteiger partial charge is 0.220 e. The molecule has 6 heteroatoms. The first-order valence-electron chi connectivity index (χ1n) is 4.87. The Kier molecular flexibility index (Phi) is 2.97. The summed E-state index contributed by atoms with van der Waals surface area (Å²) in [5.41, 5.74) is 0. The second kappa shape index (κ2) is 4.29. The third-order valence-corrected chi connectivity index (χ3v) is 4.10. The Morgan fingerprint density at radius 1 is 1.41 bits per heavy atom. The first-order chi connectivity index (χ1) is 8.00. The first-order valence-corrected chi connectivity index (χ1v) is 6.35. The summed E-state index contributed by atoms with van der Waals surface area (Å²) in [7, 11) is -3.45. The maximum Gasteiger partial charge on any atom is 0.220 e. The molecule has 4 nitrogen and oxygen atoms in total. The van der Waals surface area contributed by atoms with Crippen LogP contribution in [0.25, 0.3) is 0 Å². The highest BCUT2D eigenvalue weighted by Gasteiger charge is 2.26. The third kappa shape index (κ3) is 2.36. The molecule has 0 amide bonds. The van der Waals surface area contributed by atoms with Gasteiger partial charge in [0, 0.05) is 12.3 Å². The van der Waals surface area contributed by atoms with Crippen molar-refractivity contribution in [1.29, 1.82) is 0 Å². The molecular weight excluding hydrogens is 245 g/mol. The van der Waals surface area contributed by atoms with Crippen LogP contribution in [0.1, 0.15) is 6.92 Å². The largest absolute Gasteiger partial charge is 0.488 e. The lowest BCUT2D eigenvalue weighted by Gasteiger charge is -2.06. The van der Waals surface area contributed by atoms with Gasteiger partial charge in [0.2, 0.25) is 9.84 Å². The number of hydrogen-bond acceptors (Lipinski definition) is 4. The molecule has 1 aliphatic heterocycles. The lowest BCUT2D eigenvalue weighted by atomic mass is 10.3. The molecule has 2 rings (SSSR count). The molecule has 0 aromatic heterocycles. The summed E-state index contributed by atoms with van der Waals surface area (Å²) in [6.07, 6.45) is 1.25. The Hall–Kier alpha value is -1.69. The maximum absolute atomic E-state index is 12.8. The molecule has 0 radical (unpaired) electrons. The second-order valence-electron chi connectivity index (χ2n) is 3.49. The van der Waals surface area contributed by atoms with Gasteiger partial charge in [0.25, 0.3) is 0 Å². The van der Waals surface area contributed by atoms with Gasteiger partial charge in [-0.1, -0.05) is 6.07 Å². The first kappa shape index (κ1) is 11.8. The van der Waals surface area contributed by atoms with Gasteiger partial charge in [-0.05, 0) is 19.1 Å². The molecule has 0 aliphatic carbocycles. The van der Waals surface area contributed by atoms with E-state index in [1.165, 1.54) is 31.3 Å². The average molecular weight is 255 g/mol. The van der Waals surface area contributed by atoms with Gasteiger partial charge in [-0.15, -0.1) is 0 Å². The molecule has 1 aliphatic rings. The highest BCUT2D eigenvalue weighted by Crippen LogP contribution is 2.19. The van der Waals surface area contributed by atoms with Crippen LogP contribution in [0.15, 0.2) is 40.4 Å². The van der Waals surface area contributed by atoms with Crippen LogP contribution in [0.2, 0.25) is 0 Å². The molecule has 90 valence electrons. The van der Waals surface area contributed by atoms with E-state index in [2.05, 4.69) is 4.99 Å². The minimum absolute atomic E-state index is 0.0512. The summed E-state index contributed by atoms with van der Waals surface area (Å²) < 4.78 is 41.3. The Bertz CT molecular complexity index is 605. The highest BCUT2D eigenvalue weighted by molar-refractivity contribution is 8.09. The molecule has 0 atom stereocenters. The van der Waals surface area contributed by atoms with Crippen LogP contribution in [0.3, 0.4) is 0 Å². The molecule has 17 heavy (non-hydrogen) atoms. The molecule has 0 N–H and O–H groups in total. The van der Waals surface area contributed by atoms with E-state index in [-0.39, 0.29) is 22.3 Å². The van der Waals surface area contributed by atoms with Gasteiger partial charge in [0.15, 0.2) is 0 Å². The molecule has 0 unspecified atom stereocenters. The van der Waals surface area contributed by atoms with Crippen molar-refractivity contribution in [2.45, 2.75) is 6.92 Å². The van der Waals surface area contributed by atoms with Gasteiger partial charge in [0.05, 0.1) is 0 Å². The minimum atomic E-state index is -3.45. The van der Waals surface area contributed by atoms with Crippen LogP contribution in [0.5, 0.6) is 5.75 Å². The number of rotatable bonds is 3. The average Bonchev–Trinajstić information content (AvgIpc) is 2.52. The quantitative estimate of drug-likeness (QED) is 0.828. The van der Waals surface area contributed by atoms with Crippen LogP contribution >= 0.6 is 0 Å². The molecule has 0 spiro atoms. The van der Waals surface area contributed by atoms with Crippen molar-refractivity contribution in [3.05, 3.63) is 41.2 Å². The van der Waals surface area contributed by atoms with E-state index in [1.807, 2.05) is 0 Å². The van der Waals surface area contributed by atoms with E-state index in [0.29, 0.717) is 0 Å². The number of halogens is 1. The van der Waals surface area contributed by atoms with Gasteiger partial charge in [-0.25, -0.2) is 17.8 Å². The number of ether oxygens (including phenoxy) is 1. The summed E-state index contributed by atoms with van der Waals surface area (Å²) in [4.78, 5) is 3.80. The van der Waals surface area contributed by atoms with E-state index in [9.17, 15) is 12.8 Å². The van der Waals surface area contributed by atoms with Crippen molar-refractivity contribution in [2.75, 3.05) is 6.61 Å². The molecule has 0 saturated carbocycles. The SMILES string of the molecule is CC1=NC=C(COc2cccc(F)c2)S1(=O)=O. The van der Waals surface area contributed by atoms with E-state index in [4.69, 9.17) is 4.74 Å². The van der Waals surface area contributed by atoms with Gasteiger partial charge in [0.1, 0.15) is 28.1 Å². The van der Waals surface area contributed by atoms with Crippen molar-refractivity contribution in [3.63, 3.8) is 0 Å². The minimum Gasteiger partial charge on any atom is -0.488 e. The van der Waals surface area contributed by atoms with Crippen molar-refractivity contribution in [1.82, 2.24) is 0 Å². The number of aliphatic imine (C=N–C) groups is 1. The van der Waals surface area contributed by atoms with Crippen molar-refractivity contribution in [2.24, 2.45) is 4.99 Å². The van der Waals surface area contributed by atoms with E-state index in [0.717, 1.165) is 0 Å². The van der Waals surface area contributed by atoms with Crippen LogP contribution < -0.4 is 4.74 Å². The topological polar surface area (TPSA) is 55.7 Å². The normalized spacial score (nSPS) is 17.5. The van der Waals surface area contributed by atoms with E-state index in [1.54, 1.807) is 6.07 Å². The predicted molar refractivity (Wildman–Crippen MR) is 62.0 cm³/mol. The maximum atomic E-state index is 12.8. The predicted octanol–water partition coefficient (Wildman–Crippen LogP) is 1.89. The zero-order valence-corrected chi connectivity index (χ0v) is 9.87. The number of sulfone groups is 1. The second-order valence-corrected chi connectivity index (χ2v) is 5.62. The Morgan fingerprint density at radius 3 is 2.76 bits per heavy atom. The van der Waals surface area contributed by atoms with Crippen molar-refractivity contribution >= 4 is 14.9 Å². The van der Waals surface area contributed by atoms with Gasteiger partial charge in [-0.2, -0.15) is 0 Å². The zero-order valence-electron chi connectivity index (χ0n) is 9.05. The Morgan fingerprint density at radius 2 is 2.18 bits per heavy atom. The zero-order chi connectivity index (χ0) is 12.5. The Balaban J connectivity index is 2.07. The molecule has 0 saturated heterocycles. The van der Waals surface area contributed by atoms with Crippen molar-refractivity contribution in [3.8, 4) is 5.75 Å². The molecule has 1 aromatic carbocycles. The third-order valence-electron chi connectivity index (χ3n) is 2.30. The number of benzene rings is 1. The summed E-state index contributed by atoms with van der Waals surface area (Å²) in [6.45, 7) is 1.27. The lowest BCUT2D eigenvalue weighted by molar-refractivity contribution is 0.356. The van der Waals surface area contributed by atoms with Gasteiger partial charge in [-0.3, -0.25) is 0 Å². The molecule has 1 aromatic rings. The number of nitrogens with zero attached hydrogens (tertiary/aromatic N) is 1. The molecule has 1 heterocycles. The van der Waals surface area contributed by atoms with Crippen LogP contribution in [0.4, 0.5) is 4.39 Å². The van der Waals surface area contributed by atoms with Gasteiger partial charge < -0.3 is 4.74 Å². The summed E-state index contributed by atoms with van der Waals surface area (Å²) in [5, 5.41) is 0.0512. The monoisotopic (exact) mass is 255 g/mol. The van der Waals surface area contributed by atoms with Crippen LogP contribution in [-0.4, -0.2) is 20.1 Å². The van der Waals surface area contributed by atoms with Crippen LogP contribution in [-0.2, 0) is 9.84 Å². The fourth-order valence-corrected chi connectivity index (χ4v) is 2.29. The van der Waals surface area contributed by atoms with Crippen molar-refractivity contribution < 1.29 is 17.5 Å². The number of hydrogen-bond donors (Lipinski definition) is 0. The van der Waals surface area contributed by atoms with E-state index < -0.39 is 15.7 Å². The van der Waals surface area contributed by atoms with Gasteiger partial charge >= 0.3 is 0 Å². The summed E-state index contributed by atoms with van der Waals surface area (Å²) >= 11 is 0. The summed E-state index contributed by atoms with van der Waals surface area (Å²) in [6, 6.07) is 5.52. The van der Waals surface area contributed by atoms with E-state index >= 15 is 0 Å². The Labute approximate surface area is 98.4 Å². The molecule has 0 bridgehead atoms.